The van der Waals surface area contributed by atoms with Crippen LogP contribution in [0.25, 0.3) is 0 Å². The third-order valence-electron chi connectivity index (χ3n) is 4.20. The average molecular weight is 308 g/mol. The molecule has 6 heteroatoms. The second kappa shape index (κ2) is 6.03. The first-order valence-electron chi connectivity index (χ1n) is 7.20. The zero-order chi connectivity index (χ0) is 14.8. The molecule has 0 saturated carbocycles. The van der Waals surface area contributed by atoms with Gasteiger partial charge in [-0.2, -0.15) is 0 Å². The highest BCUT2D eigenvalue weighted by molar-refractivity contribution is 6.33. The quantitative estimate of drug-likeness (QED) is 0.892. The second-order valence-electron chi connectivity index (χ2n) is 5.59. The Kier molecular flexibility index (Phi) is 4.12. The van der Waals surface area contributed by atoms with Gasteiger partial charge in [-0.3, -0.25) is 14.5 Å². The molecule has 2 aliphatic heterocycles. The Hall–Kier alpha value is -1.59. The standard InChI is InChI=1S/C15H18ClN3O2/c16-12-3-1-2-4-13(12)18-15(21)9-19-10-5-6-11(19)8-17-14(20)7-10/h1-4,10-11H,5-9H2,(H,17,20)(H,18,21)/t10-,11+/m0/s1. The fourth-order valence-electron chi connectivity index (χ4n) is 3.15. The number of halogens is 1. The summed E-state index contributed by atoms with van der Waals surface area (Å²) in [6.07, 6.45) is 2.50. The number of hydrogen-bond donors (Lipinski definition) is 2. The zero-order valence-corrected chi connectivity index (χ0v) is 12.4. The fraction of sp³-hybridized carbons (Fsp3) is 0.467. The van der Waals surface area contributed by atoms with Crippen molar-refractivity contribution < 1.29 is 9.59 Å². The van der Waals surface area contributed by atoms with Gasteiger partial charge in [0.15, 0.2) is 0 Å². The summed E-state index contributed by atoms with van der Waals surface area (Å²) in [5.41, 5.74) is 0.625. The topological polar surface area (TPSA) is 61.4 Å². The molecule has 2 fully saturated rings. The van der Waals surface area contributed by atoms with Crippen LogP contribution >= 0.6 is 11.6 Å². The molecule has 2 heterocycles. The van der Waals surface area contributed by atoms with Crippen LogP contribution in [0.1, 0.15) is 19.3 Å². The molecular weight excluding hydrogens is 290 g/mol. The van der Waals surface area contributed by atoms with E-state index in [9.17, 15) is 9.59 Å². The van der Waals surface area contributed by atoms with Crippen molar-refractivity contribution in [3.8, 4) is 0 Å². The first kappa shape index (κ1) is 14.4. The maximum atomic E-state index is 12.2. The molecule has 21 heavy (non-hydrogen) atoms. The van der Waals surface area contributed by atoms with Crippen LogP contribution in [0.5, 0.6) is 0 Å². The first-order valence-corrected chi connectivity index (χ1v) is 7.58. The largest absolute Gasteiger partial charge is 0.354 e. The second-order valence-corrected chi connectivity index (χ2v) is 6.00. The first-order chi connectivity index (χ1) is 10.1. The molecule has 1 aromatic rings. The molecule has 2 bridgehead atoms. The maximum Gasteiger partial charge on any atom is 0.238 e. The van der Waals surface area contributed by atoms with E-state index in [4.69, 9.17) is 11.6 Å². The highest BCUT2D eigenvalue weighted by Gasteiger charge is 2.38. The van der Waals surface area contributed by atoms with Crippen molar-refractivity contribution in [2.45, 2.75) is 31.3 Å². The van der Waals surface area contributed by atoms with E-state index in [1.165, 1.54) is 0 Å². The van der Waals surface area contributed by atoms with Crippen molar-refractivity contribution >= 4 is 29.1 Å². The van der Waals surface area contributed by atoms with Crippen molar-refractivity contribution in [3.63, 3.8) is 0 Å². The number of amides is 2. The summed E-state index contributed by atoms with van der Waals surface area (Å²) in [4.78, 5) is 26.0. The number of benzene rings is 1. The summed E-state index contributed by atoms with van der Waals surface area (Å²) in [7, 11) is 0. The van der Waals surface area contributed by atoms with E-state index in [0.29, 0.717) is 30.2 Å². The fourth-order valence-corrected chi connectivity index (χ4v) is 3.33. The Morgan fingerprint density at radius 3 is 2.90 bits per heavy atom. The van der Waals surface area contributed by atoms with Gasteiger partial charge in [-0.1, -0.05) is 23.7 Å². The summed E-state index contributed by atoms with van der Waals surface area (Å²) >= 11 is 6.04. The molecule has 0 radical (unpaired) electrons. The number of hydrogen-bond acceptors (Lipinski definition) is 3. The van der Waals surface area contributed by atoms with Gasteiger partial charge in [0.25, 0.3) is 0 Å². The van der Waals surface area contributed by atoms with Crippen LogP contribution in [0.2, 0.25) is 5.02 Å². The Labute approximate surface area is 128 Å². The summed E-state index contributed by atoms with van der Waals surface area (Å²) in [6.45, 7) is 0.935. The molecule has 112 valence electrons. The number of carbonyl (C=O) groups excluding carboxylic acids is 2. The van der Waals surface area contributed by atoms with Crippen LogP contribution in [-0.2, 0) is 9.59 Å². The number of anilines is 1. The summed E-state index contributed by atoms with van der Waals surface area (Å²) in [5, 5.41) is 6.27. The molecule has 2 N–H and O–H groups in total. The Morgan fingerprint density at radius 1 is 1.33 bits per heavy atom. The van der Waals surface area contributed by atoms with Gasteiger partial charge >= 0.3 is 0 Å². The van der Waals surface area contributed by atoms with Crippen molar-refractivity contribution in [1.29, 1.82) is 0 Å². The number of nitrogens with zero attached hydrogens (tertiary/aromatic N) is 1. The van der Waals surface area contributed by atoms with Gasteiger partial charge in [0.1, 0.15) is 0 Å². The maximum absolute atomic E-state index is 12.2. The van der Waals surface area contributed by atoms with Crippen LogP contribution in [0, 0.1) is 0 Å². The van der Waals surface area contributed by atoms with Gasteiger partial charge in [-0.15, -0.1) is 0 Å². The molecule has 0 spiro atoms. The minimum Gasteiger partial charge on any atom is -0.354 e. The smallest absolute Gasteiger partial charge is 0.238 e. The molecule has 1 aromatic carbocycles. The molecule has 2 saturated heterocycles. The lowest BCUT2D eigenvalue weighted by Crippen LogP contribution is -2.42. The minimum atomic E-state index is -0.0886. The average Bonchev–Trinajstić information content (AvgIpc) is 2.72. The minimum absolute atomic E-state index is 0.0821. The number of nitrogens with one attached hydrogen (secondary N) is 2. The van der Waals surface area contributed by atoms with E-state index in [-0.39, 0.29) is 23.9 Å². The molecule has 5 nitrogen and oxygen atoms in total. The highest BCUT2D eigenvalue weighted by atomic mass is 35.5. The normalized spacial score (nSPS) is 25.3. The van der Waals surface area contributed by atoms with E-state index in [0.717, 1.165) is 12.8 Å². The third kappa shape index (κ3) is 3.19. The van der Waals surface area contributed by atoms with Gasteiger partial charge in [0.05, 0.1) is 17.3 Å². The lowest BCUT2D eigenvalue weighted by atomic mass is 10.1. The molecule has 0 unspecified atom stereocenters. The Balaban J connectivity index is 1.65. The van der Waals surface area contributed by atoms with Crippen LogP contribution in [0.15, 0.2) is 24.3 Å². The monoisotopic (exact) mass is 307 g/mol. The predicted molar refractivity (Wildman–Crippen MR) is 81.2 cm³/mol. The SMILES string of the molecule is O=C1C[C@@H]2CC[C@H](CN1)N2CC(=O)Nc1ccccc1Cl. The lowest BCUT2D eigenvalue weighted by molar-refractivity contribution is -0.122. The van der Waals surface area contributed by atoms with Gasteiger partial charge in [-0.25, -0.2) is 0 Å². The third-order valence-corrected chi connectivity index (χ3v) is 4.53. The number of para-hydroxylation sites is 1. The molecule has 2 aliphatic rings. The van der Waals surface area contributed by atoms with Crippen molar-refractivity contribution in [2.75, 3.05) is 18.4 Å². The predicted octanol–water partition coefficient (Wildman–Crippen LogP) is 1.63. The van der Waals surface area contributed by atoms with Gasteiger partial charge in [0.2, 0.25) is 11.8 Å². The summed E-state index contributed by atoms with van der Waals surface area (Å²) in [5.74, 6) is -0.00643. The molecule has 0 aromatic heterocycles. The van der Waals surface area contributed by atoms with E-state index < -0.39 is 0 Å². The molecular formula is C15H18ClN3O2. The summed E-state index contributed by atoms with van der Waals surface area (Å²) in [6, 6.07) is 7.62. The van der Waals surface area contributed by atoms with Crippen molar-refractivity contribution in [3.05, 3.63) is 29.3 Å². The van der Waals surface area contributed by atoms with E-state index in [1.807, 2.05) is 12.1 Å². The van der Waals surface area contributed by atoms with Crippen LogP contribution in [0.3, 0.4) is 0 Å². The lowest BCUT2D eigenvalue weighted by Gasteiger charge is -2.26. The van der Waals surface area contributed by atoms with Crippen molar-refractivity contribution in [2.24, 2.45) is 0 Å². The molecule has 2 atom stereocenters. The molecule has 3 rings (SSSR count). The number of carbonyl (C=O) groups is 2. The number of rotatable bonds is 3. The number of fused-ring (bicyclic) bond motifs is 2. The highest BCUT2D eigenvalue weighted by Crippen LogP contribution is 2.28. The summed E-state index contributed by atoms with van der Waals surface area (Å²) < 4.78 is 0. The van der Waals surface area contributed by atoms with Crippen molar-refractivity contribution in [1.82, 2.24) is 10.2 Å². The molecule has 0 aliphatic carbocycles. The Morgan fingerprint density at radius 2 is 2.10 bits per heavy atom. The Bertz CT molecular complexity index is 564. The van der Waals surface area contributed by atoms with E-state index >= 15 is 0 Å². The van der Waals surface area contributed by atoms with E-state index in [2.05, 4.69) is 15.5 Å². The van der Waals surface area contributed by atoms with Crippen LogP contribution < -0.4 is 10.6 Å². The van der Waals surface area contributed by atoms with Gasteiger partial charge in [-0.05, 0) is 25.0 Å². The molecule has 2 amide bonds. The van der Waals surface area contributed by atoms with Crippen LogP contribution in [0.4, 0.5) is 5.69 Å². The van der Waals surface area contributed by atoms with Crippen LogP contribution in [-0.4, -0.2) is 41.9 Å². The zero-order valence-electron chi connectivity index (χ0n) is 11.6. The van der Waals surface area contributed by atoms with Gasteiger partial charge in [0, 0.05) is 25.0 Å². The van der Waals surface area contributed by atoms with Gasteiger partial charge < -0.3 is 10.6 Å². The van der Waals surface area contributed by atoms with E-state index in [1.54, 1.807) is 12.1 Å².